The van der Waals surface area contributed by atoms with E-state index in [0.717, 1.165) is 18.4 Å². The van der Waals surface area contributed by atoms with Crippen molar-refractivity contribution in [2.24, 2.45) is 0 Å². The molecule has 6 nitrogen and oxygen atoms in total. The van der Waals surface area contributed by atoms with Gasteiger partial charge in [-0.2, -0.15) is 4.80 Å². The molecule has 0 bridgehead atoms. The third-order valence-corrected chi connectivity index (χ3v) is 4.69. The highest BCUT2D eigenvalue weighted by Crippen LogP contribution is 2.21. The molecule has 1 aliphatic carbocycles. The fraction of sp³-hybridized carbons (Fsp3) is 0.556. The summed E-state index contributed by atoms with van der Waals surface area (Å²) in [6, 6.07) is 8.00. The molecule has 1 aromatic heterocycles. The molecule has 6 heteroatoms. The Bertz CT molecular complexity index is 686. The minimum atomic E-state index is -0.457. The van der Waals surface area contributed by atoms with Gasteiger partial charge in [-0.1, -0.05) is 51.0 Å². The van der Waals surface area contributed by atoms with Gasteiger partial charge in [0, 0.05) is 11.6 Å². The molecule has 1 N–H and O–H groups in total. The minimum absolute atomic E-state index is 0.0407. The maximum Gasteiger partial charge on any atom is 0.246 e. The minimum Gasteiger partial charge on any atom is -0.351 e. The van der Waals surface area contributed by atoms with Crippen LogP contribution in [0.4, 0.5) is 0 Å². The van der Waals surface area contributed by atoms with Crippen molar-refractivity contribution in [2.45, 2.75) is 64.5 Å². The fourth-order valence-electron chi connectivity index (χ4n) is 3.02. The molecule has 128 valence electrons. The molecule has 1 amide bonds. The van der Waals surface area contributed by atoms with Gasteiger partial charge in [-0.25, -0.2) is 0 Å². The van der Waals surface area contributed by atoms with Crippen LogP contribution in [-0.2, 0) is 4.79 Å². The Morgan fingerprint density at radius 2 is 1.83 bits per heavy atom. The van der Waals surface area contributed by atoms with Gasteiger partial charge in [0.2, 0.25) is 11.7 Å². The molecule has 0 saturated heterocycles. The molecule has 1 aromatic carbocycles. The number of hydrogen-bond acceptors (Lipinski definition) is 4. The van der Waals surface area contributed by atoms with Gasteiger partial charge in [-0.3, -0.25) is 4.79 Å². The summed E-state index contributed by atoms with van der Waals surface area (Å²) in [5, 5.41) is 15.6. The third kappa shape index (κ3) is 3.63. The standard InChI is InChI=1S/C18H25N5O/c1-12(2)14-8-10-15(11-9-14)17-20-22-23(21-17)13(3)18(24)19-16-6-4-5-7-16/h8-13,16H,4-7H2,1-3H3,(H,19,24)/t13-/m1/s1. The SMILES string of the molecule is CC(C)c1ccc(-c2nnn([C@H](C)C(=O)NC3CCCC3)n2)cc1. The second-order valence-electron chi connectivity index (χ2n) is 6.88. The van der Waals surface area contributed by atoms with Crippen molar-refractivity contribution >= 4 is 5.91 Å². The molecular formula is C18H25N5O. The van der Waals surface area contributed by atoms with E-state index in [4.69, 9.17) is 0 Å². The predicted molar refractivity (Wildman–Crippen MR) is 92.5 cm³/mol. The summed E-state index contributed by atoms with van der Waals surface area (Å²) in [6.07, 6.45) is 4.52. The first-order valence-electron chi connectivity index (χ1n) is 8.75. The van der Waals surface area contributed by atoms with Gasteiger partial charge >= 0.3 is 0 Å². The number of tetrazole rings is 1. The topological polar surface area (TPSA) is 72.7 Å². The Hall–Kier alpha value is -2.24. The Morgan fingerprint density at radius 3 is 2.46 bits per heavy atom. The van der Waals surface area contributed by atoms with Crippen LogP contribution in [0.1, 0.15) is 64.0 Å². The van der Waals surface area contributed by atoms with E-state index in [1.165, 1.54) is 23.2 Å². The number of aromatic nitrogens is 4. The quantitative estimate of drug-likeness (QED) is 0.916. The van der Waals surface area contributed by atoms with E-state index in [1.807, 2.05) is 12.1 Å². The monoisotopic (exact) mass is 327 g/mol. The molecule has 0 unspecified atom stereocenters. The normalized spacial score (nSPS) is 16.5. The number of carbonyl (C=O) groups excluding carboxylic acids is 1. The Balaban J connectivity index is 1.68. The van der Waals surface area contributed by atoms with Crippen molar-refractivity contribution in [3.05, 3.63) is 29.8 Å². The molecule has 1 aliphatic rings. The lowest BCUT2D eigenvalue weighted by molar-refractivity contribution is -0.125. The molecule has 24 heavy (non-hydrogen) atoms. The van der Waals surface area contributed by atoms with Gasteiger partial charge in [0.25, 0.3) is 0 Å². The number of amides is 1. The van der Waals surface area contributed by atoms with Crippen LogP contribution in [-0.4, -0.2) is 32.2 Å². The molecule has 0 spiro atoms. The van der Waals surface area contributed by atoms with E-state index in [0.29, 0.717) is 17.8 Å². The maximum absolute atomic E-state index is 12.3. The number of nitrogens with zero attached hydrogens (tertiary/aromatic N) is 4. The van der Waals surface area contributed by atoms with Crippen LogP contribution in [0.15, 0.2) is 24.3 Å². The number of carbonyl (C=O) groups is 1. The lowest BCUT2D eigenvalue weighted by atomic mass is 10.0. The first-order valence-corrected chi connectivity index (χ1v) is 8.75. The molecule has 3 rings (SSSR count). The zero-order valence-electron chi connectivity index (χ0n) is 14.6. The first kappa shape index (κ1) is 16.6. The van der Waals surface area contributed by atoms with Crippen LogP contribution in [0.5, 0.6) is 0 Å². The molecule has 0 radical (unpaired) electrons. The van der Waals surface area contributed by atoms with Crippen molar-refractivity contribution < 1.29 is 4.79 Å². The van der Waals surface area contributed by atoms with E-state index in [-0.39, 0.29) is 5.91 Å². The average Bonchev–Trinajstić information content (AvgIpc) is 3.26. The van der Waals surface area contributed by atoms with Gasteiger partial charge in [0.05, 0.1) is 0 Å². The zero-order valence-corrected chi connectivity index (χ0v) is 14.6. The summed E-state index contributed by atoms with van der Waals surface area (Å²) in [5.41, 5.74) is 2.18. The van der Waals surface area contributed by atoms with Crippen molar-refractivity contribution in [3.8, 4) is 11.4 Å². The van der Waals surface area contributed by atoms with Crippen molar-refractivity contribution in [3.63, 3.8) is 0 Å². The van der Waals surface area contributed by atoms with E-state index < -0.39 is 6.04 Å². The number of benzene rings is 1. The Labute approximate surface area is 142 Å². The number of rotatable bonds is 5. The molecule has 1 fully saturated rings. The highest BCUT2D eigenvalue weighted by molar-refractivity contribution is 5.80. The smallest absolute Gasteiger partial charge is 0.246 e. The second-order valence-corrected chi connectivity index (χ2v) is 6.88. The second kappa shape index (κ2) is 7.11. The third-order valence-electron chi connectivity index (χ3n) is 4.69. The summed E-state index contributed by atoms with van der Waals surface area (Å²) in [4.78, 5) is 13.7. The summed E-state index contributed by atoms with van der Waals surface area (Å²) in [6.45, 7) is 6.12. The molecule has 1 heterocycles. The van der Waals surface area contributed by atoms with Crippen LogP contribution >= 0.6 is 0 Å². The Kier molecular flexibility index (Phi) is 4.92. The van der Waals surface area contributed by atoms with Gasteiger partial charge in [-0.15, -0.1) is 10.2 Å². The average molecular weight is 327 g/mol. The van der Waals surface area contributed by atoms with Crippen LogP contribution in [0.3, 0.4) is 0 Å². The summed E-state index contributed by atoms with van der Waals surface area (Å²) < 4.78 is 0. The zero-order chi connectivity index (χ0) is 17.1. The Morgan fingerprint density at radius 1 is 1.17 bits per heavy atom. The summed E-state index contributed by atoms with van der Waals surface area (Å²) in [7, 11) is 0. The first-order chi connectivity index (χ1) is 11.5. The number of nitrogens with one attached hydrogen (secondary N) is 1. The van der Waals surface area contributed by atoms with E-state index in [2.05, 4.69) is 46.7 Å². The molecule has 0 aliphatic heterocycles. The van der Waals surface area contributed by atoms with E-state index >= 15 is 0 Å². The lowest BCUT2D eigenvalue weighted by Crippen LogP contribution is -2.38. The van der Waals surface area contributed by atoms with Crippen molar-refractivity contribution in [1.82, 2.24) is 25.5 Å². The van der Waals surface area contributed by atoms with Crippen LogP contribution < -0.4 is 5.32 Å². The summed E-state index contributed by atoms with van der Waals surface area (Å²) in [5.74, 6) is 0.994. The van der Waals surface area contributed by atoms with Gasteiger partial charge in [0.1, 0.15) is 6.04 Å². The van der Waals surface area contributed by atoms with E-state index in [9.17, 15) is 4.79 Å². The van der Waals surface area contributed by atoms with Gasteiger partial charge in [0.15, 0.2) is 0 Å². The molecule has 1 atom stereocenters. The lowest BCUT2D eigenvalue weighted by Gasteiger charge is -2.15. The van der Waals surface area contributed by atoms with Crippen LogP contribution in [0, 0.1) is 0 Å². The van der Waals surface area contributed by atoms with Crippen molar-refractivity contribution in [2.75, 3.05) is 0 Å². The molecule has 2 aromatic rings. The predicted octanol–water partition coefficient (Wildman–Crippen LogP) is 3.08. The highest BCUT2D eigenvalue weighted by atomic mass is 16.2. The van der Waals surface area contributed by atoms with Crippen molar-refractivity contribution in [1.29, 1.82) is 0 Å². The molecule has 1 saturated carbocycles. The summed E-state index contributed by atoms with van der Waals surface area (Å²) >= 11 is 0. The van der Waals surface area contributed by atoms with E-state index in [1.54, 1.807) is 6.92 Å². The number of hydrogen-bond donors (Lipinski definition) is 1. The fourth-order valence-corrected chi connectivity index (χ4v) is 3.02. The maximum atomic E-state index is 12.3. The van der Waals surface area contributed by atoms with Crippen LogP contribution in [0.25, 0.3) is 11.4 Å². The molecular weight excluding hydrogens is 302 g/mol. The van der Waals surface area contributed by atoms with Gasteiger partial charge < -0.3 is 5.32 Å². The van der Waals surface area contributed by atoms with Gasteiger partial charge in [-0.05, 0) is 36.5 Å². The highest BCUT2D eigenvalue weighted by Gasteiger charge is 2.23. The van der Waals surface area contributed by atoms with Crippen LogP contribution in [0.2, 0.25) is 0 Å². The largest absolute Gasteiger partial charge is 0.351 e.